The number of rotatable bonds is 9. The molecule has 0 saturated carbocycles. The van der Waals surface area contributed by atoms with Gasteiger partial charge in [0.05, 0.1) is 15.7 Å². The monoisotopic (exact) mass is 423 g/mol. The Balaban J connectivity index is 1.45. The summed E-state index contributed by atoms with van der Waals surface area (Å²) < 4.78 is 12.7. The summed E-state index contributed by atoms with van der Waals surface area (Å²) >= 11 is 8.92. The van der Waals surface area contributed by atoms with Crippen molar-refractivity contribution in [2.45, 2.75) is 18.6 Å². The maximum Gasteiger partial charge on any atom is 0.316 e. The molecule has 3 aromatic rings. The van der Waals surface area contributed by atoms with Gasteiger partial charge in [-0.2, -0.15) is 0 Å². The molecule has 0 fully saturated rings. The van der Waals surface area contributed by atoms with Gasteiger partial charge in [0.25, 0.3) is 0 Å². The normalized spacial score (nSPS) is 10.7. The maximum absolute atomic E-state index is 11.9. The van der Waals surface area contributed by atoms with Crippen LogP contribution in [0.25, 0.3) is 10.7 Å². The Labute approximate surface area is 170 Å². The highest BCUT2D eigenvalue weighted by Gasteiger charge is 2.15. The summed E-state index contributed by atoms with van der Waals surface area (Å²) in [7, 11) is 0. The van der Waals surface area contributed by atoms with Crippen molar-refractivity contribution in [2.24, 2.45) is 0 Å². The molecule has 142 valence electrons. The van der Waals surface area contributed by atoms with Gasteiger partial charge < -0.3 is 14.0 Å². The molecule has 2 aromatic heterocycles. The summed E-state index contributed by atoms with van der Waals surface area (Å²) in [6.07, 6.45) is 0. The third-order valence-electron chi connectivity index (χ3n) is 3.53. The molecule has 0 amide bonds. The van der Waals surface area contributed by atoms with Gasteiger partial charge in [0.2, 0.25) is 0 Å². The number of para-hydroxylation sites is 1. The molecule has 27 heavy (non-hydrogen) atoms. The van der Waals surface area contributed by atoms with Gasteiger partial charge in [-0.05, 0) is 30.5 Å². The van der Waals surface area contributed by atoms with E-state index in [0.717, 1.165) is 17.2 Å². The lowest BCUT2D eigenvalue weighted by Gasteiger charge is -2.09. The van der Waals surface area contributed by atoms with Crippen molar-refractivity contribution in [1.29, 1.82) is 0 Å². The van der Waals surface area contributed by atoms with Crippen molar-refractivity contribution in [3.8, 4) is 16.5 Å². The SMILES string of the molecule is CCn1c(SCC(=O)OCCOc2ccccc2Cl)nnc1-c1cccs1. The molecule has 0 bridgehead atoms. The van der Waals surface area contributed by atoms with E-state index in [0.29, 0.717) is 15.9 Å². The lowest BCUT2D eigenvalue weighted by atomic mass is 10.3. The third-order valence-corrected chi connectivity index (χ3v) is 5.65. The first kappa shape index (κ1) is 19.7. The number of hydrogen-bond donors (Lipinski definition) is 0. The predicted octanol–water partition coefficient (Wildman–Crippen LogP) is 4.39. The Morgan fingerprint density at radius 2 is 2.07 bits per heavy atom. The van der Waals surface area contributed by atoms with E-state index >= 15 is 0 Å². The lowest BCUT2D eigenvalue weighted by Crippen LogP contribution is -2.14. The second-order valence-corrected chi connectivity index (χ2v) is 7.61. The number of halogens is 1. The van der Waals surface area contributed by atoms with Crippen molar-refractivity contribution in [3.63, 3.8) is 0 Å². The topological polar surface area (TPSA) is 66.2 Å². The van der Waals surface area contributed by atoms with Gasteiger partial charge in [-0.25, -0.2) is 0 Å². The van der Waals surface area contributed by atoms with Crippen LogP contribution in [-0.2, 0) is 16.1 Å². The Bertz CT molecular complexity index is 884. The first-order chi connectivity index (χ1) is 13.2. The maximum atomic E-state index is 11.9. The molecule has 0 saturated heterocycles. The van der Waals surface area contributed by atoms with Crippen molar-refractivity contribution in [3.05, 3.63) is 46.8 Å². The van der Waals surface area contributed by atoms with Gasteiger partial charge in [-0.1, -0.05) is 41.6 Å². The van der Waals surface area contributed by atoms with E-state index in [-0.39, 0.29) is 24.9 Å². The molecule has 0 aliphatic rings. The number of hydrogen-bond acceptors (Lipinski definition) is 7. The van der Waals surface area contributed by atoms with Gasteiger partial charge in [0.1, 0.15) is 19.0 Å². The van der Waals surface area contributed by atoms with E-state index in [1.165, 1.54) is 11.8 Å². The minimum Gasteiger partial charge on any atom is -0.488 e. The van der Waals surface area contributed by atoms with Gasteiger partial charge in [0.15, 0.2) is 11.0 Å². The van der Waals surface area contributed by atoms with Crippen LogP contribution >= 0.6 is 34.7 Å². The highest BCUT2D eigenvalue weighted by atomic mass is 35.5. The van der Waals surface area contributed by atoms with Gasteiger partial charge in [-0.15, -0.1) is 21.5 Å². The summed E-state index contributed by atoms with van der Waals surface area (Å²) in [5, 5.41) is 11.7. The summed E-state index contributed by atoms with van der Waals surface area (Å²) in [5.41, 5.74) is 0. The first-order valence-corrected chi connectivity index (χ1v) is 10.6. The quantitative estimate of drug-likeness (QED) is 0.289. The third kappa shape index (κ3) is 5.24. The standard InChI is InChI=1S/C18H18ClN3O3S2/c1-2-22-17(15-8-5-11-26-15)20-21-18(22)27-12-16(23)25-10-9-24-14-7-4-3-6-13(14)19/h3-8,11H,2,9-10,12H2,1H3. The van der Waals surface area contributed by atoms with Crippen LogP contribution in [0.5, 0.6) is 5.75 Å². The molecule has 0 spiro atoms. The lowest BCUT2D eigenvalue weighted by molar-refractivity contribution is -0.141. The number of thioether (sulfide) groups is 1. The molecule has 6 nitrogen and oxygen atoms in total. The van der Waals surface area contributed by atoms with E-state index in [1.54, 1.807) is 23.5 Å². The summed E-state index contributed by atoms with van der Waals surface area (Å²) in [4.78, 5) is 13.0. The zero-order valence-electron chi connectivity index (χ0n) is 14.6. The highest BCUT2D eigenvalue weighted by molar-refractivity contribution is 7.99. The van der Waals surface area contributed by atoms with Crippen molar-refractivity contribution in [1.82, 2.24) is 14.8 Å². The smallest absolute Gasteiger partial charge is 0.316 e. The fourth-order valence-electron chi connectivity index (χ4n) is 2.30. The number of carbonyl (C=O) groups is 1. The van der Waals surface area contributed by atoms with E-state index in [9.17, 15) is 4.79 Å². The van der Waals surface area contributed by atoms with E-state index < -0.39 is 0 Å². The van der Waals surface area contributed by atoms with Crippen LogP contribution < -0.4 is 4.74 Å². The molecule has 0 unspecified atom stereocenters. The summed E-state index contributed by atoms with van der Waals surface area (Å²) in [6, 6.07) is 11.1. The second-order valence-electron chi connectivity index (χ2n) is 5.32. The molecule has 0 aliphatic heterocycles. The molecule has 0 aliphatic carbocycles. The Hall–Kier alpha value is -2.03. The largest absolute Gasteiger partial charge is 0.488 e. The molecule has 1 aromatic carbocycles. The summed E-state index contributed by atoms with van der Waals surface area (Å²) in [5.74, 6) is 1.22. The zero-order chi connectivity index (χ0) is 19.1. The molecule has 0 N–H and O–H groups in total. The van der Waals surface area contributed by atoms with Gasteiger partial charge in [-0.3, -0.25) is 4.79 Å². The average Bonchev–Trinajstić information content (AvgIpc) is 3.33. The molecule has 0 radical (unpaired) electrons. The number of nitrogens with zero attached hydrogens (tertiary/aromatic N) is 3. The highest BCUT2D eigenvalue weighted by Crippen LogP contribution is 2.27. The first-order valence-electron chi connectivity index (χ1n) is 8.32. The average molecular weight is 424 g/mol. The number of benzene rings is 1. The molecule has 3 rings (SSSR count). The second kappa shape index (κ2) is 9.77. The fourth-order valence-corrected chi connectivity index (χ4v) is 4.01. The van der Waals surface area contributed by atoms with Crippen LogP contribution in [-0.4, -0.2) is 39.7 Å². The van der Waals surface area contributed by atoms with Crippen LogP contribution in [0.15, 0.2) is 46.9 Å². The fraction of sp³-hybridized carbons (Fsp3) is 0.278. The van der Waals surface area contributed by atoms with Crippen LogP contribution in [0.1, 0.15) is 6.92 Å². The number of carbonyl (C=O) groups excluding carboxylic acids is 1. The van der Waals surface area contributed by atoms with E-state index in [2.05, 4.69) is 10.2 Å². The molecule has 0 atom stereocenters. The Morgan fingerprint density at radius 3 is 2.81 bits per heavy atom. The van der Waals surface area contributed by atoms with Crippen LogP contribution in [0.3, 0.4) is 0 Å². The number of ether oxygens (including phenoxy) is 2. The predicted molar refractivity (Wildman–Crippen MR) is 108 cm³/mol. The zero-order valence-corrected chi connectivity index (χ0v) is 17.0. The van der Waals surface area contributed by atoms with Crippen molar-refractivity contribution in [2.75, 3.05) is 19.0 Å². The van der Waals surface area contributed by atoms with E-state index in [1.807, 2.05) is 41.1 Å². The number of aromatic nitrogens is 3. The van der Waals surface area contributed by atoms with Crippen LogP contribution in [0, 0.1) is 0 Å². The number of esters is 1. The summed E-state index contributed by atoms with van der Waals surface area (Å²) in [6.45, 7) is 3.15. The Kier molecular flexibility index (Phi) is 7.14. The van der Waals surface area contributed by atoms with Gasteiger partial charge in [0, 0.05) is 6.54 Å². The molecule has 9 heteroatoms. The van der Waals surface area contributed by atoms with E-state index in [4.69, 9.17) is 21.1 Å². The molecular formula is C18H18ClN3O3S2. The van der Waals surface area contributed by atoms with Crippen molar-refractivity contribution < 1.29 is 14.3 Å². The minimum atomic E-state index is -0.328. The van der Waals surface area contributed by atoms with Crippen LogP contribution in [0.4, 0.5) is 0 Å². The molecular weight excluding hydrogens is 406 g/mol. The van der Waals surface area contributed by atoms with Gasteiger partial charge >= 0.3 is 5.97 Å². The van der Waals surface area contributed by atoms with Crippen LogP contribution in [0.2, 0.25) is 5.02 Å². The molecule has 2 heterocycles. The Morgan fingerprint density at radius 1 is 1.22 bits per heavy atom. The van der Waals surface area contributed by atoms with Crippen molar-refractivity contribution >= 4 is 40.7 Å². The minimum absolute atomic E-state index is 0.158. The number of thiophene rings is 1.